The number of rotatable bonds is 6. The summed E-state index contributed by atoms with van der Waals surface area (Å²) in [6, 6.07) is 0. The molecule has 90 valence electrons. The minimum absolute atomic E-state index is 0.471. The summed E-state index contributed by atoms with van der Waals surface area (Å²) < 4.78 is 0. The Morgan fingerprint density at radius 3 is 2.20 bits per heavy atom. The molecule has 0 bridgehead atoms. The second kappa shape index (κ2) is 7.09. The molecule has 0 amide bonds. The minimum Gasteiger partial charge on any atom is -0.0853 e. The molecule has 0 aromatic carbocycles. The average Bonchev–Trinajstić information content (AvgIpc) is 2.11. The normalized spacial score (nSPS) is 15.5. The Morgan fingerprint density at radius 1 is 1.20 bits per heavy atom. The molecule has 0 spiro atoms. The van der Waals surface area contributed by atoms with Crippen molar-refractivity contribution in [3.8, 4) is 0 Å². The zero-order chi connectivity index (χ0) is 11.9. The van der Waals surface area contributed by atoms with Crippen LogP contribution in [0, 0.1) is 11.3 Å². The highest BCUT2D eigenvalue weighted by atomic mass is 14.2. The van der Waals surface area contributed by atoms with Gasteiger partial charge in [-0.25, -0.2) is 0 Å². The van der Waals surface area contributed by atoms with Gasteiger partial charge in [0.2, 0.25) is 0 Å². The molecular formula is C15H30. The molecule has 0 N–H and O–H groups in total. The smallest absolute Gasteiger partial charge is 0.0232 e. The average molecular weight is 210 g/mol. The molecule has 0 aromatic rings. The maximum Gasteiger partial charge on any atom is -0.0232 e. The maximum absolute atomic E-state index is 2.45. The van der Waals surface area contributed by atoms with Gasteiger partial charge in [-0.3, -0.25) is 0 Å². The highest BCUT2D eigenvalue weighted by molar-refractivity contribution is 5.06. The SMILES string of the molecule is CCC=C(CCC(C)(C)C)C(C)CCC. The van der Waals surface area contributed by atoms with Gasteiger partial charge in [0.15, 0.2) is 0 Å². The van der Waals surface area contributed by atoms with Gasteiger partial charge in [0.05, 0.1) is 0 Å². The van der Waals surface area contributed by atoms with Crippen LogP contribution in [-0.4, -0.2) is 0 Å². The van der Waals surface area contributed by atoms with Crippen LogP contribution in [0.4, 0.5) is 0 Å². The lowest BCUT2D eigenvalue weighted by molar-refractivity contribution is 0.369. The summed E-state index contributed by atoms with van der Waals surface area (Å²) in [6.45, 7) is 13.9. The standard InChI is InChI=1S/C15H30/c1-7-9-13(3)14(10-8-2)11-12-15(4,5)6/h10,13H,7-9,11-12H2,1-6H3. The van der Waals surface area contributed by atoms with Crippen molar-refractivity contribution < 1.29 is 0 Å². The summed E-state index contributed by atoms with van der Waals surface area (Å²) in [5.74, 6) is 0.789. The Labute approximate surface area is 97.2 Å². The summed E-state index contributed by atoms with van der Waals surface area (Å²) in [5, 5.41) is 0. The molecular weight excluding hydrogens is 180 g/mol. The predicted molar refractivity (Wildman–Crippen MR) is 71.1 cm³/mol. The van der Waals surface area contributed by atoms with Gasteiger partial charge in [-0.1, -0.05) is 59.6 Å². The number of allylic oxidation sites excluding steroid dienone is 2. The number of hydrogen-bond acceptors (Lipinski definition) is 0. The summed E-state index contributed by atoms with van der Waals surface area (Å²) >= 11 is 0. The van der Waals surface area contributed by atoms with Crippen LogP contribution >= 0.6 is 0 Å². The molecule has 0 aromatic heterocycles. The molecule has 0 heterocycles. The van der Waals surface area contributed by atoms with Crippen LogP contribution in [0.15, 0.2) is 11.6 Å². The summed E-state index contributed by atoms with van der Waals surface area (Å²) in [5.41, 5.74) is 2.16. The molecule has 1 unspecified atom stereocenters. The van der Waals surface area contributed by atoms with E-state index in [2.05, 4.69) is 47.6 Å². The zero-order valence-corrected chi connectivity index (χ0v) is 11.7. The third kappa shape index (κ3) is 7.64. The van der Waals surface area contributed by atoms with Gasteiger partial charge >= 0.3 is 0 Å². The van der Waals surface area contributed by atoms with Crippen molar-refractivity contribution in [1.82, 2.24) is 0 Å². The van der Waals surface area contributed by atoms with E-state index in [9.17, 15) is 0 Å². The van der Waals surface area contributed by atoms with Crippen LogP contribution in [0.3, 0.4) is 0 Å². The van der Waals surface area contributed by atoms with Gasteiger partial charge in [-0.05, 0) is 37.0 Å². The number of hydrogen-bond donors (Lipinski definition) is 0. The fourth-order valence-corrected chi connectivity index (χ4v) is 1.95. The lowest BCUT2D eigenvalue weighted by atomic mass is 9.84. The van der Waals surface area contributed by atoms with Gasteiger partial charge in [-0.2, -0.15) is 0 Å². The lowest BCUT2D eigenvalue weighted by Crippen LogP contribution is -2.08. The first-order valence-electron chi connectivity index (χ1n) is 6.59. The monoisotopic (exact) mass is 210 g/mol. The van der Waals surface area contributed by atoms with Crippen LogP contribution in [0.5, 0.6) is 0 Å². The first kappa shape index (κ1) is 14.7. The van der Waals surface area contributed by atoms with Crippen molar-refractivity contribution >= 4 is 0 Å². The lowest BCUT2D eigenvalue weighted by Gasteiger charge is -2.22. The molecule has 0 heteroatoms. The van der Waals surface area contributed by atoms with E-state index in [1.165, 1.54) is 32.1 Å². The molecule has 0 rings (SSSR count). The van der Waals surface area contributed by atoms with Crippen molar-refractivity contribution in [3.63, 3.8) is 0 Å². The van der Waals surface area contributed by atoms with Gasteiger partial charge < -0.3 is 0 Å². The highest BCUT2D eigenvalue weighted by Gasteiger charge is 2.13. The second-order valence-corrected chi connectivity index (χ2v) is 5.94. The highest BCUT2D eigenvalue weighted by Crippen LogP contribution is 2.28. The van der Waals surface area contributed by atoms with Crippen molar-refractivity contribution in [2.75, 3.05) is 0 Å². The molecule has 0 nitrogen and oxygen atoms in total. The fraction of sp³-hybridized carbons (Fsp3) is 0.867. The predicted octanol–water partition coefficient (Wildman–Crippen LogP) is 5.59. The zero-order valence-electron chi connectivity index (χ0n) is 11.7. The van der Waals surface area contributed by atoms with Crippen molar-refractivity contribution in [2.45, 2.75) is 73.6 Å². The Bertz CT molecular complexity index is 181. The third-order valence-corrected chi connectivity index (χ3v) is 2.98. The third-order valence-electron chi connectivity index (χ3n) is 2.98. The van der Waals surface area contributed by atoms with E-state index >= 15 is 0 Å². The Hall–Kier alpha value is -0.260. The quantitative estimate of drug-likeness (QED) is 0.502. The molecule has 0 fully saturated rings. The second-order valence-electron chi connectivity index (χ2n) is 5.94. The minimum atomic E-state index is 0.471. The topological polar surface area (TPSA) is 0 Å². The molecule has 0 aliphatic carbocycles. The summed E-state index contributed by atoms with van der Waals surface area (Å²) in [4.78, 5) is 0. The van der Waals surface area contributed by atoms with Gasteiger partial charge in [0.1, 0.15) is 0 Å². The van der Waals surface area contributed by atoms with E-state index in [0.29, 0.717) is 5.41 Å². The van der Waals surface area contributed by atoms with Crippen LogP contribution in [-0.2, 0) is 0 Å². The van der Waals surface area contributed by atoms with Gasteiger partial charge in [0.25, 0.3) is 0 Å². The van der Waals surface area contributed by atoms with Crippen LogP contribution < -0.4 is 0 Å². The Morgan fingerprint density at radius 2 is 1.80 bits per heavy atom. The van der Waals surface area contributed by atoms with Gasteiger partial charge in [-0.15, -0.1) is 0 Å². The summed E-state index contributed by atoms with van der Waals surface area (Å²) in [7, 11) is 0. The van der Waals surface area contributed by atoms with E-state index in [-0.39, 0.29) is 0 Å². The first-order valence-corrected chi connectivity index (χ1v) is 6.59. The van der Waals surface area contributed by atoms with E-state index in [1.807, 2.05) is 0 Å². The van der Waals surface area contributed by atoms with Crippen LogP contribution in [0.2, 0.25) is 0 Å². The van der Waals surface area contributed by atoms with E-state index in [0.717, 1.165) is 5.92 Å². The molecule has 1 atom stereocenters. The van der Waals surface area contributed by atoms with E-state index < -0.39 is 0 Å². The largest absolute Gasteiger partial charge is 0.0853 e. The molecule has 0 aliphatic heterocycles. The Balaban J connectivity index is 4.23. The maximum atomic E-state index is 2.45. The van der Waals surface area contributed by atoms with Crippen molar-refractivity contribution in [3.05, 3.63) is 11.6 Å². The van der Waals surface area contributed by atoms with Crippen molar-refractivity contribution in [1.29, 1.82) is 0 Å². The molecule has 15 heavy (non-hydrogen) atoms. The Kier molecular flexibility index (Phi) is 6.96. The van der Waals surface area contributed by atoms with Gasteiger partial charge in [0, 0.05) is 0 Å². The van der Waals surface area contributed by atoms with Crippen LogP contribution in [0.1, 0.15) is 73.6 Å². The molecule has 0 radical (unpaired) electrons. The van der Waals surface area contributed by atoms with Crippen LogP contribution in [0.25, 0.3) is 0 Å². The molecule has 0 saturated carbocycles. The molecule has 0 aliphatic rings. The fourth-order valence-electron chi connectivity index (χ4n) is 1.95. The van der Waals surface area contributed by atoms with Crippen molar-refractivity contribution in [2.24, 2.45) is 11.3 Å². The van der Waals surface area contributed by atoms with E-state index in [1.54, 1.807) is 5.57 Å². The molecule has 0 saturated heterocycles. The first-order chi connectivity index (χ1) is 6.90. The summed E-state index contributed by atoms with van der Waals surface area (Å²) in [6.07, 6.45) is 8.89. The van der Waals surface area contributed by atoms with E-state index in [4.69, 9.17) is 0 Å².